The molecule has 2 fully saturated rings. The molecule has 7 nitrogen and oxygen atoms in total. The van der Waals surface area contributed by atoms with Crippen LogP contribution in [-0.2, 0) is 4.74 Å². The van der Waals surface area contributed by atoms with Gasteiger partial charge in [0.1, 0.15) is 11.6 Å². The SMILES string of the molecule is COC(=O)c1ccc(N2CCC3CC(NCC=Cc4cc(F)ccc4F)CCC3(CO)C2)c2nc(OC)ccc12. The molecule has 1 aromatic heterocycles. The molecule has 2 N–H and O–H groups in total. The molecule has 0 spiro atoms. The van der Waals surface area contributed by atoms with Crippen LogP contribution in [0.25, 0.3) is 17.0 Å². The number of piperidine rings is 1. The first-order valence-electron chi connectivity index (χ1n) is 13.6. The lowest BCUT2D eigenvalue weighted by Crippen LogP contribution is -2.55. The highest BCUT2D eigenvalue weighted by Crippen LogP contribution is 2.47. The van der Waals surface area contributed by atoms with E-state index in [1.165, 1.54) is 13.2 Å². The van der Waals surface area contributed by atoms with Gasteiger partial charge in [-0.1, -0.05) is 12.2 Å². The predicted octanol–water partition coefficient (Wildman–Crippen LogP) is 4.97. The molecular weight excluding hydrogens is 516 g/mol. The van der Waals surface area contributed by atoms with Crippen LogP contribution in [0.4, 0.5) is 14.5 Å². The molecule has 1 aliphatic heterocycles. The van der Waals surface area contributed by atoms with Crippen LogP contribution in [0.5, 0.6) is 5.88 Å². The minimum absolute atomic E-state index is 0.0918. The number of methoxy groups -OCH3 is 2. The lowest BCUT2D eigenvalue weighted by molar-refractivity contribution is 0.00193. The zero-order valence-electron chi connectivity index (χ0n) is 22.8. The molecule has 0 amide bonds. The molecule has 2 aromatic carbocycles. The molecular formula is C31H35F2N3O4. The maximum Gasteiger partial charge on any atom is 0.338 e. The Hall–Kier alpha value is -3.56. The fourth-order valence-corrected chi connectivity index (χ4v) is 6.33. The fourth-order valence-electron chi connectivity index (χ4n) is 6.33. The number of halogens is 2. The van der Waals surface area contributed by atoms with Gasteiger partial charge in [0.25, 0.3) is 0 Å². The average molecular weight is 552 g/mol. The van der Waals surface area contributed by atoms with Gasteiger partial charge >= 0.3 is 5.97 Å². The Bertz CT molecular complexity index is 1410. The molecule has 5 rings (SSSR count). The fraction of sp³-hybridized carbons (Fsp3) is 0.419. The number of hydrogen-bond acceptors (Lipinski definition) is 7. The highest BCUT2D eigenvalue weighted by molar-refractivity contribution is 6.07. The van der Waals surface area contributed by atoms with Gasteiger partial charge in [-0.25, -0.2) is 18.6 Å². The molecule has 1 aliphatic carbocycles. The van der Waals surface area contributed by atoms with E-state index < -0.39 is 17.6 Å². The van der Waals surface area contributed by atoms with Gasteiger partial charge in [0.15, 0.2) is 0 Å². The number of carbonyl (C=O) groups is 1. The number of aromatic nitrogens is 1. The number of nitrogens with one attached hydrogen (secondary N) is 1. The van der Waals surface area contributed by atoms with E-state index in [4.69, 9.17) is 9.47 Å². The van der Waals surface area contributed by atoms with E-state index in [0.29, 0.717) is 41.4 Å². The van der Waals surface area contributed by atoms with E-state index in [1.54, 1.807) is 25.3 Å². The summed E-state index contributed by atoms with van der Waals surface area (Å²) < 4.78 is 37.6. The second kappa shape index (κ2) is 11.9. The topological polar surface area (TPSA) is 83.9 Å². The Kier molecular flexibility index (Phi) is 8.32. The molecule has 2 aliphatic rings. The van der Waals surface area contributed by atoms with E-state index in [-0.39, 0.29) is 23.6 Å². The largest absolute Gasteiger partial charge is 0.481 e. The number of nitrogens with zero attached hydrogens (tertiary/aromatic N) is 2. The number of benzene rings is 2. The number of fused-ring (bicyclic) bond motifs is 2. The summed E-state index contributed by atoms with van der Waals surface area (Å²) in [7, 11) is 2.92. The molecule has 9 heteroatoms. The van der Waals surface area contributed by atoms with E-state index in [2.05, 4.69) is 15.2 Å². The van der Waals surface area contributed by atoms with Gasteiger partial charge in [0.2, 0.25) is 5.88 Å². The van der Waals surface area contributed by atoms with Crippen molar-refractivity contribution in [2.75, 3.05) is 45.4 Å². The van der Waals surface area contributed by atoms with Crippen LogP contribution in [0.1, 0.15) is 41.6 Å². The summed E-state index contributed by atoms with van der Waals surface area (Å²) in [6, 6.07) is 11.0. The Morgan fingerprint density at radius 2 is 2.05 bits per heavy atom. The van der Waals surface area contributed by atoms with Gasteiger partial charge in [-0.3, -0.25) is 0 Å². The van der Waals surface area contributed by atoms with Gasteiger partial charge < -0.3 is 24.8 Å². The van der Waals surface area contributed by atoms with Crippen LogP contribution in [0.3, 0.4) is 0 Å². The van der Waals surface area contributed by atoms with Gasteiger partial charge in [-0.2, -0.15) is 0 Å². The van der Waals surface area contributed by atoms with Crippen molar-refractivity contribution in [1.82, 2.24) is 10.3 Å². The van der Waals surface area contributed by atoms with Crippen molar-refractivity contribution in [2.24, 2.45) is 11.3 Å². The second-order valence-electron chi connectivity index (χ2n) is 10.7. The number of esters is 1. The Morgan fingerprint density at radius 3 is 2.83 bits per heavy atom. The maximum atomic E-state index is 13.9. The number of ether oxygens (including phenoxy) is 2. The standard InChI is InChI=1S/C31H35F2N3O4/c1-39-28-10-7-24-25(30(38)40-2)6-9-27(29(24)35-28)36-15-12-21-17-23(11-13-31(21,18-36)19-37)34-14-3-4-20-16-22(32)5-8-26(20)33/h3-10,16,21,23,34,37H,11-15,17-19H2,1-2H3. The number of hydrogen-bond donors (Lipinski definition) is 2. The minimum atomic E-state index is -0.463. The summed E-state index contributed by atoms with van der Waals surface area (Å²) in [5.74, 6) is -0.529. The van der Waals surface area contributed by atoms with Crippen molar-refractivity contribution in [3.63, 3.8) is 0 Å². The van der Waals surface area contributed by atoms with Crippen LogP contribution in [0.15, 0.2) is 48.5 Å². The van der Waals surface area contributed by atoms with Crippen molar-refractivity contribution in [3.05, 3.63) is 71.3 Å². The molecule has 2 heterocycles. The molecule has 3 unspecified atom stereocenters. The zero-order chi connectivity index (χ0) is 28.3. The highest BCUT2D eigenvalue weighted by atomic mass is 19.1. The monoisotopic (exact) mass is 551 g/mol. The van der Waals surface area contributed by atoms with Crippen LogP contribution in [0, 0.1) is 23.0 Å². The van der Waals surface area contributed by atoms with Crippen molar-refractivity contribution < 1.29 is 28.2 Å². The minimum Gasteiger partial charge on any atom is -0.481 e. The first-order chi connectivity index (χ1) is 19.4. The van der Waals surface area contributed by atoms with E-state index in [9.17, 15) is 18.7 Å². The second-order valence-corrected chi connectivity index (χ2v) is 10.7. The molecule has 3 atom stereocenters. The van der Waals surface area contributed by atoms with Gasteiger partial charge in [0.05, 0.1) is 37.6 Å². The van der Waals surface area contributed by atoms with Crippen molar-refractivity contribution in [1.29, 1.82) is 0 Å². The number of carbonyl (C=O) groups excluding carboxylic acids is 1. The highest BCUT2D eigenvalue weighted by Gasteiger charge is 2.46. The van der Waals surface area contributed by atoms with E-state index >= 15 is 0 Å². The van der Waals surface area contributed by atoms with Crippen LogP contribution >= 0.6 is 0 Å². The summed E-state index contributed by atoms with van der Waals surface area (Å²) in [4.78, 5) is 19.4. The van der Waals surface area contributed by atoms with Crippen LogP contribution in [0.2, 0.25) is 0 Å². The van der Waals surface area contributed by atoms with Crippen molar-refractivity contribution in [3.8, 4) is 5.88 Å². The van der Waals surface area contributed by atoms with Crippen LogP contribution < -0.4 is 15.0 Å². The van der Waals surface area contributed by atoms with E-state index in [1.807, 2.05) is 18.2 Å². The van der Waals surface area contributed by atoms with Crippen molar-refractivity contribution in [2.45, 2.75) is 31.7 Å². The first-order valence-corrected chi connectivity index (χ1v) is 13.6. The average Bonchev–Trinajstić information content (AvgIpc) is 2.99. The molecule has 212 valence electrons. The third-order valence-electron chi connectivity index (χ3n) is 8.54. The first kappa shape index (κ1) is 28.0. The molecule has 3 aromatic rings. The number of aliphatic hydroxyl groups excluding tert-OH is 1. The maximum absolute atomic E-state index is 13.9. The number of rotatable bonds is 8. The molecule has 1 saturated heterocycles. The molecule has 1 saturated carbocycles. The number of anilines is 1. The quantitative estimate of drug-likeness (QED) is 0.383. The number of pyridine rings is 1. The summed E-state index contributed by atoms with van der Waals surface area (Å²) in [5, 5.41) is 14.9. The summed E-state index contributed by atoms with van der Waals surface area (Å²) in [5.41, 5.74) is 2.01. The summed E-state index contributed by atoms with van der Waals surface area (Å²) in [6.45, 7) is 2.13. The van der Waals surface area contributed by atoms with Gasteiger partial charge in [0, 0.05) is 48.1 Å². The van der Waals surface area contributed by atoms with Gasteiger partial charge in [-0.05, 0) is 68.0 Å². The lowest BCUT2D eigenvalue weighted by Gasteiger charge is -2.52. The summed E-state index contributed by atoms with van der Waals surface area (Å²) in [6.07, 6.45) is 7.03. The van der Waals surface area contributed by atoms with Gasteiger partial charge in [-0.15, -0.1) is 0 Å². The summed E-state index contributed by atoms with van der Waals surface area (Å²) >= 11 is 0. The third-order valence-corrected chi connectivity index (χ3v) is 8.54. The number of aliphatic hydroxyl groups is 1. The molecule has 40 heavy (non-hydrogen) atoms. The Balaban J connectivity index is 1.29. The van der Waals surface area contributed by atoms with Crippen molar-refractivity contribution >= 4 is 28.6 Å². The van der Waals surface area contributed by atoms with Crippen LogP contribution in [-0.4, -0.2) is 62.6 Å². The molecule has 0 bridgehead atoms. The van der Waals surface area contributed by atoms with E-state index in [0.717, 1.165) is 50.0 Å². The lowest BCUT2D eigenvalue weighted by atomic mass is 9.62. The third kappa shape index (κ3) is 5.53. The normalized spacial score (nSPS) is 22.9. The smallest absolute Gasteiger partial charge is 0.338 e. The Labute approximate surface area is 232 Å². The Morgan fingerprint density at radius 1 is 1.20 bits per heavy atom. The predicted molar refractivity (Wildman–Crippen MR) is 151 cm³/mol. The molecule has 0 radical (unpaired) electrons. The zero-order valence-corrected chi connectivity index (χ0v) is 22.8.